The lowest BCUT2D eigenvalue weighted by atomic mass is 9.96. The molecule has 1 aliphatic rings. The highest BCUT2D eigenvalue weighted by atomic mass is 32.1. The second-order valence-electron chi connectivity index (χ2n) is 8.04. The van der Waals surface area contributed by atoms with Crippen molar-refractivity contribution in [2.75, 3.05) is 12.0 Å². The maximum atomic E-state index is 5.85. The fourth-order valence-electron chi connectivity index (χ4n) is 4.62. The lowest BCUT2D eigenvalue weighted by Crippen LogP contribution is -2.29. The molecule has 1 N–H and O–H groups in total. The molecule has 166 valence electrons. The molecular formula is C26H25N5OS. The quantitative estimate of drug-likeness (QED) is 0.424. The third kappa shape index (κ3) is 3.74. The number of ether oxygens (including phenoxy) is 1. The summed E-state index contributed by atoms with van der Waals surface area (Å²) in [4.78, 5) is 11.4. The van der Waals surface area contributed by atoms with E-state index in [1.54, 1.807) is 7.11 Å². The van der Waals surface area contributed by atoms with Gasteiger partial charge in [-0.2, -0.15) is 0 Å². The Balaban J connectivity index is 1.66. The number of rotatable bonds is 5. The van der Waals surface area contributed by atoms with Gasteiger partial charge in [0, 0.05) is 29.5 Å². The van der Waals surface area contributed by atoms with E-state index >= 15 is 0 Å². The summed E-state index contributed by atoms with van der Waals surface area (Å²) in [5, 5.41) is 4.20. The summed E-state index contributed by atoms with van der Waals surface area (Å²) in [6.07, 6.45) is 3.64. The van der Waals surface area contributed by atoms with Gasteiger partial charge >= 0.3 is 0 Å². The first-order valence-electron chi connectivity index (χ1n) is 10.8. The van der Waals surface area contributed by atoms with Gasteiger partial charge in [0.1, 0.15) is 11.6 Å². The monoisotopic (exact) mass is 455 g/mol. The van der Waals surface area contributed by atoms with E-state index < -0.39 is 0 Å². The van der Waals surface area contributed by atoms with Gasteiger partial charge in [-0.25, -0.2) is 4.98 Å². The van der Waals surface area contributed by atoms with Gasteiger partial charge in [-0.05, 0) is 86.2 Å². The zero-order valence-corrected chi connectivity index (χ0v) is 19.6. The summed E-state index contributed by atoms with van der Waals surface area (Å²) in [6.45, 7) is 4.25. The van der Waals surface area contributed by atoms with Crippen molar-refractivity contribution >= 4 is 23.0 Å². The van der Waals surface area contributed by atoms with Crippen LogP contribution in [0.3, 0.4) is 0 Å². The average molecular weight is 456 g/mol. The molecule has 33 heavy (non-hydrogen) atoms. The normalized spacial score (nSPS) is 17.8. The highest BCUT2D eigenvalue weighted by molar-refractivity contribution is 7.80. The third-order valence-corrected chi connectivity index (χ3v) is 6.43. The van der Waals surface area contributed by atoms with Crippen molar-refractivity contribution in [2.45, 2.75) is 25.9 Å². The molecule has 4 heterocycles. The van der Waals surface area contributed by atoms with Gasteiger partial charge in [0.05, 0.1) is 24.9 Å². The third-order valence-electron chi connectivity index (χ3n) is 6.12. The number of pyridine rings is 2. The number of methoxy groups -OCH3 is 1. The van der Waals surface area contributed by atoms with E-state index in [0.717, 1.165) is 34.3 Å². The molecule has 3 aromatic heterocycles. The van der Waals surface area contributed by atoms with Crippen LogP contribution in [0.5, 0.6) is 5.75 Å². The van der Waals surface area contributed by atoms with Gasteiger partial charge in [-0.15, -0.1) is 0 Å². The number of nitrogens with zero attached hydrogens (tertiary/aromatic N) is 4. The van der Waals surface area contributed by atoms with Gasteiger partial charge in [0.15, 0.2) is 5.11 Å². The Morgan fingerprint density at radius 1 is 0.939 bits per heavy atom. The first-order chi connectivity index (χ1) is 16.1. The van der Waals surface area contributed by atoms with E-state index in [2.05, 4.69) is 44.7 Å². The lowest BCUT2D eigenvalue weighted by molar-refractivity contribution is 0.415. The Kier molecular flexibility index (Phi) is 5.56. The standard InChI is InChI=1S/C26H25N5OS/c1-17-16-21(18(2)30(17)23-9-5-7-15-28-23)25-24(22-8-4-6-14-27-22)29-26(33)31(25)19-10-12-20(32-3)13-11-19/h4-16,24-25H,1-3H3,(H,29,33)/t24-,25-/m0/s1. The average Bonchev–Trinajstić information content (AvgIpc) is 3.35. The Morgan fingerprint density at radius 3 is 2.30 bits per heavy atom. The largest absolute Gasteiger partial charge is 0.497 e. The topological polar surface area (TPSA) is 55.2 Å². The molecule has 1 saturated heterocycles. The number of nitrogens with one attached hydrogen (secondary N) is 1. The molecule has 6 nitrogen and oxygen atoms in total. The van der Waals surface area contributed by atoms with Crippen molar-refractivity contribution in [1.82, 2.24) is 19.9 Å². The molecule has 0 saturated carbocycles. The molecule has 0 bridgehead atoms. The molecule has 0 aliphatic carbocycles. The number of aromatic nitrogens is 3. The van der Waals surface area contributed by atoms with Gasteiger partial charge in [0.25, 0.3) is 0 Å². The highest BCUT2D eigenvalue weighted by Gasteiger charge is 2.42. The molecule has 1 aliphatic heterocycles. The van der Waals surface area contributed by atoms with Crippen LogP contribution in [-0.4, -0.2) is 26.8 Å². The predicted molar refractivity (Wildman–Crippen MR) is 134 cm³/mol. The van der Waals surface area contributed by atoms with Crippen LogP contribution in [0.25, 0.3) is 5.82 Å². The lowest BCUT2D eigenvalue weighted by Gasteiger charge is -2.28. The summed E-state index contributed by atoms with van der Waals surface area (Å²) in [6, 6.07) is 22.0. The SMILES string of the molecule is COc1ccc(N2C(=S)N[C@@H](c3ccccn3)[C@@H]2c2cc(C)n(-c3ccccn3)c2C)cc1. The number of hydrogen-bond acceptors (Lipinski definition) is 4. The van der Waals surface area contributed by atoms with Crippen LogP contribution in [0, 0.1) is 13.8 Å². The minimum Gasteiger partial charge on any atom is -0.497 e. The van der Waals surface area contributed by atoms with Crippen molar-refractivity contribution in [3.8, 4) is 11.6 Å². The summed E-state index contributed by atoms with van der Waals surface area (Å²) >= 11 is 5.85. The molecule has 2 atom stereocenters. The highest BCUT2D eigenvalue weighted by Crippen LogP contribution is 2.43. The van der Waals surface area contributed by atoms with Gasteiger partial charge in [0.2, 0.25) is 0 Å². The smallest absolute Gasteiger partial charge is 0.174 e. The second kappa shape index (κ2) is 8.67. The van der Waals surface area contributed by atoms with Crippen LogP contribution in [0.2, 0.25) is 0 Å². The van der Waals surface area contributed by atoms with Crippen molar-refractivity contribution in [1.29, 1.82) is 0 Å². The fourth-order valence-corrected chi connectivity index (χ4v) is 4.96. The van der Waals surface area contributed by atoms with Crippen molar-refractivity contribution in [2.24, 2.45) is 0 Å². The van der Waals surface area contributed by atoms with Crippen LogP contribution < -0.4 is 15.0 Å². The molecule has 0 spiro atoms. The van der Waals surface area contributed by atoms with E-state index in [0.29, 0.717) is 5.11 Å². The maximum absolute atomic E-state index is 5.85. The molecule has 0 unspecified atom stereocenters. The van der Waals surface area contributed by atoms with E-state index in [-0.39, 0.29) is 12.1 Å². The molecule has 7 heteroatoms. The van der Waals surface area contributed by atoms with Crippen LogP contribution in [0.15, 0.2) is 79.1 Å². The zero-order valence-electron chi connectivity index (χ0n) is 18.8. The fraction of sp³-hybridized carbons (Fsp3) is 0.192. The van der Waals surface area contributed by atoms with Gasteiger partial charge in [-0.3, -0.25) is 4.98 Å². The molecule has 1 aromatic carbocycles. The molecule has 0 amide bonds. The molecular weight excluding hydrogens is 430 g/mol. The number of anilines is 1. The van der Waals surface area contributed by atoms with E-state index in [4.69, 9.17) is 17.0 Å². The summed E-state index contributed by atoms with van der Waals surface area (Å²) < 4.78 is 7.55. The van der Waals surface area contributed by atoms with Crippen LogP contribution in [-0.2, 0) is 0 Å². The minimum atomic E-state index is -0.0986. The van der Waals surface area contributed by atoms with Gasteiger partial charge in [-0.1, -0.05) is 12.1 Å². The summed E-state index contributed by atoms with van der Waals surface area (Å²) in [5.74, 6) is 1.71. The summed E-state index contributed by atoms with van der Waals surface area (Å²) in [5.41, 5.74) is 5.37. The first-order valence-corrected chi connectivity index (χ1v) is 11.2. The minimum absolute atomic E-state index is 0.0792. The van der Waals surface area contributed by atoms with Crippen LogP contribution in [0.4, 0.5) is 5.69 Å². The van der Waals surface area contributed by atoms with Crippen molar-refractivity contribution in [3.63, 3.8) is 0 Å². The maximum Gasteiger partial charge on any atom is 0.174 e. The number of hydrogen-bond donors (Lipinski definition) is 1. The van der Waals surface area contributed by atoms with E-state index in [1.807, 2.05) is 73.1 Å². The predicted octanol–water partition coefficient (Wildman–Crippen LogP) is 5.07. The van der Waals surface area contributed by atoms with E-state index in [1.165, 1.54) is 5.56 Å². The zero-order chi connectivity index (χ0) is 22.9. The number of benzene rings is 1. The number of thiocarbonyl (C=S) groups is 1. The van der Waals surface area contributed by atoms with Gasteiger partial charge < -0.3 is 19.5 Å². The second-order valence-corrected chi connectivity index (χ2v) is 8.43. The Bertz CT molecular complexity index is 1270. The number of aryl methyl sites for hydroxylation is 1. The summed E-state index contributed by atoms with van der Waals surface area (Å²) in [7, 11) is 1.67. The molecule has 5 rings (SSSR count). The molecule has 0 radical (unpaired) electrons. The first kappa shape index (κ1) is 21.2. The van der Waals surface area contributed by atoms with E-state index in [9.17, 15) is 0 Å². The Morgan fingerprint density at radius 2 is 1.67 bits per heavy atom. The van der Waals surface area contributed by atoms with Crippen LogP contribution >= 0.6 is 12.2 Å². The molecule has 1 fully saturated rings. The molecule has 4 aromatic rings. The Labute approximate surface area is 198 Å². The Hall–Kier alpha value is -3.71. The van der Waals surface area contributed by atoms with Crippen molar-refractivity contribution in [3.05, 3.63) is 102 Å². The van der Waals surface area contributed by atoms with Crippen LogP contribution in [0.1, 0.15) is 34.7 Å². The van der Waals surface area contributed by atoms with Crippen molar-refractivity contribution < 1.29 is 4.74 Å².